The molecule has 1 amide bonds. The lowest BCUT2D eigenvalue weighted by Crippen LogP contribution is -2.16. The summed E-state index contributed by atoms with van der Waals surface area (Å²) in [5, 5.41) is 9.31. The third-order valence-corrected chi connectivity index (χ3v) is 4.30. The van der Waals surface area contributed by atoms with Crippen molar-refractivity contribution in [3.8, 4) is 0 Å². The number of aromatic nitrogens is 3. The van der Waals surface area contributed by atoms with Crippen LogP contribution in [0.25, 0.3) is 0 Å². The van der Waals surface area contributed by atoms with Crippen LogP contribution in [0.15, 0.2) is 5.16 Å². The number of thioether (sulfide) groups is 1. The molecule has 1 aliphatic carbocycles. The van der Waals surface area contributed by atoms with Gasteiger partial charge in [-0.05, 0) is 19.8 Å². The Morgan fingerprint density at radius 1 is 1.39 bits per heavy atom. The van der Waals surface area contributed by atoms with Crippen molar-refractivity contribution in [3.63, 3.8) is 0 Å². The number of rotatable bonds is 5. The van der Waals surface area contributed by atoms with Crippen LogP contribution in [0.5, 0.6) is 0 Å². The summed E-state index contributed by atoms with van der Waals surface area (Å²) in [6.07, 6.45) is 6.72. The molecule has 1 aliphatic rings. The fourth-order valence-electron chi connectivity index (χ4n) is 2.45. The molecule has 0 radical (unpaired) electrons. The van der Waals surface area contributed by atoms with Gasteiger partial charge in [0.2, 0.25) is 5.91 Å². The van der Waals surface area contributed by atoms with Gasteiger partial charge in [0.05, 0.1) is 0 Å². The van der Waals surface area contributed by atoms with Crippen LogP contribution in [0.1, 0.15) is 50.4 Å². The molecule has 0 spiro atoms. The van der Waals surface area contributed by atoms with Gasteiger partial charge in [-0.3, -0.25) is 4.79 Å². The van der Waals surface area contributed by atoms with Crippen LogP contribution in [0.4, 0.5) is 0 Å². The Morgan fingerprint density at radius 2 is 2.11 bits per heavy atom. The fraction of sp³-hybridized carbons (Fsp3) is 0.750. The Kier molecular flexibility index (Phi) is 4.63. The number of carbonyl (C=O) groups is 1. The van der Waals surface area contributed by atoms with Crippen LogP contribution in [0.2, 0.25) is 0 Å². The smallest absolute Gasteiger partial charge is 0.218 e. The first-order valence-electron chi connectivity index (χ1n) is 6.51. The minimum Gasteiger partial charge on any atom is -0.370 e. The number of amides is 1. The lowest BCUT2D eigenvalue weighted by atomic mass is 9.95. The lowest BCUT2D eigenvalue weighted by Gasteiger charge is -2.24. The molecule has 0 saturated heterocycles. The highest BCUT2D eigenvalue weighted by atomic mass is 32.2. The molecular weight excluding hydrogens is 248 g/mol. The van der Waals surface area contributed by atoms with E-state index in [0.29, 0.717) is 18.2 Å². The zero-order chi connectivity index (χ0) is 13.0. The van der Waals surface area contributed by atoms with Crippen LogP contribution in [-0.2, 0) is 4.79 Å². The highest BCUT2D eigenvalue weighted by molar-refractivity contribution is 7.99. The molecule has 100 valence electrons. The van der Waals surface area contributed by atoms with Gasteiger partial charge in [-0.15, -0.1) is 10.2 Å². The van der Waals surface area contributed by atoms with Gasteiger partial charge in [0.25, 0.3) is 0 Å². The topological polar surface area (TPSA) is 73.8 Å². The molecule has 1 fully saturated rings. The van der Waals surface area contributed by atoms with Gasteiger partial charge in [-0.1, -0.05) is 31.0 Å². The van der Waals surface area contributed by atoms with Gasteiger partial charge in [0.15, 0.2) is 5.16 Å². The summed E-state index contributed by atoms with van der Waals surface area (Å²) >= 11 is 1.58. The number of hydrogen-bond donors (Lipinski definition) is 1. The maximum absolute atomic E-state index is 10.7. The largest absolute Gasteiger partial charge is 0.370 e. The Morgan fingerprint density at radius 3 is 2.78 bits per heavy atom. The number of nitrogens with zero attached hydrogens (tertiary/aromatic N) is 3. The fourth-order valence-corrected chi connectivity index (χ4v) is 3.46. The second-order valence-electron chi connectivity index (χ2n) is 4.76. The van der Waals surface area contributed by atoms with Crippen molar-refractivity contribution >= 4 is 17.7 Å². The number of aryl methyl sites for hydroxylation is 1. The van der Waals surface area contributed by atoms with Gasteiger partial charge in [-0.2, -0.15) is 0 Å². The first-order chi connectivity index (χ1) is 8.68. The summed E-state index contributed by atoms with van der Waals surface area (Å²) in [6.45, 7) is 2.00. The van der Waals surface area contributed by atoms with E-state index < -0.39 is 0 Å². The van der Waals surface area contributed by atoms with Crippen molar-refractivity contribution in [2.24, 2.45) is 5.73 Å². The van der Waals surface area contributed by atoms with Crippen LogP contribution >= 0.6 is 11.8 Å². The molecular formula is C12H20N4OS. The molecule has 0 bridgehead atoms. The normalized spacial score (nSPS) is 16.9. The molecule has 1 saturated carbocycles. The van der Waals surface area contributed by atoms with Gasteiger partial charge in [0.1, 0.15) is 5.82 Å². The monoisotopic (exact) mass is 268 g/mol. The second kappa shape index (κ2) is 6.22. The Balaban J connectivity index is 2.03. The SMILES string of the molecule is Cc1nnc(SCCC(N)=O)n1C1CCCCC1. The van der Waals surface area contributed by atoms with E-state index in [0.717, 1.165) is 11.0 Å². The minimum atomic E-state index is -0.261. The molecule has 2 N–H and O–H groups in total. The molecule has 1 heterocycles. The molecule has 18 heavy (non-hydrogen) atoms. The van der Waals surface area contributed by atoms with E-state index in [2.05, 4.69) is 14.8 Å². The van der Waals surface area contributed by atoms with E-state index in [1.165, 1.54) is 32.1 Å². The third kappa shape index (κ3) is 3.25. The molecule has 0 unspecified atom stereocenters. The van der Waals surface area contributed by atoms with Crippen LogP contribution in [0, 0.1) is 6.92 Å². The average Bonchev–Trinajstić information content (AvgIpc) is 2.71. The summed E-state index contributed by atoms with van der Waals surface area (Å²) in [6, 6.07) is 0.532. The third-order valence-electron chi connectivity index (χ3n) is 3.35. The van der Waals surface area contributed by atoms with Gasteiger partial charge in [-0.25, -0.2) is 0 Å². The number of carbonyl (C=O) groups excluding carboxylic acids is 1. The van der Waals surface area contributed by atoms with E-state index in [1.54, 1.807) is 11.8 Å². The quantitative estimate of drug-likeness (QED) is 0.829. The van der Waals surface area contributed by atoms with Crippen LogP contribution in [0.3, 0.4) is 0 Å². The summed E-state index contributed by atoms with van der Waals surface area (Å²) in [5.41, 5.74) is 5.15. The van der Waals surface area contributed by atoms with E-state index in [9.17, 15) is 4.79 Å². The zero-order valence-corrected chi connectivity index (χ0v) is 11.6. The minimum absolute atomic E-state index is 0.261. The Hall–Kier alpha value is -1.04. The van der Waals surface area contributed by atoms with Crippen molar-refractivity contribution in [2.75, 3.05) is 5.75 Å². The van der Waals surface area contributed by atoms with Gasteiger partial charge >= 0.3 is 0 Å². The molecule has 1 aromatic rings. The van der Waals surface area contributed by atoms with Crippen molar-refractivity contribution in [1.29, 1.82) is 0 Å². The number of hydrogen-bond acceptors (Lipinski definition) is 4. The first-order valence-corrected chi connectivity index (χ1v) is 7.49. The average molecular weight is 268 g/mol. The highest BCUT2D eigenvalue weighted by Crippen LogP contribution is 2.32. The number of nitrogens with two attached hydrogens (primary N) is 1. The van der Waals surface area contributed by atoms with Crippen molar-refractivity contribution in [2.45, 2.75) is 56.6 Å². The summed E-state index contributed by atoms with van der Waals surface area (Å²) in [7, 11) is 0. The Bertz CT molecular complexity index is 412. The maximum Gasteiger partial charge on any atom is 0.218 e. The van der Waals surface area contributed by atoms with E-state index in [-0.39, 0.29) is 5.91 Å². The molecule has 0 atom stereocenters. The maximum atomic E-state index is 10.7. The summed E-state index contributed by atoms with van der Waals surface area (Å²) in [4.78, 5) is 10.7. The molecule has 0 aliphatic heterocycles. The van der Waals surface area contributed by atoms with E-state index >= 15 is 0 Å². The van der Waals surface area contributed by atoms with Crippen molar-refractivity contribution in [1.82, 2.24) is 14.8 Å². The second-order valence-corrected chi connectivity index (χ2v) is 5.82. The molecule has 0 aromatic carbocycles. The predicted molar refractivity (Wildman–Crippen MR) is 71.4 cm³/mol. The predicted octanol–water partition coefficient (Wildman–Crippen LogP) is 2.06. The van der Waals surface area contributed by atoms with Gasteiger partial charge < -0.3 is 10.3 Å². The molecule has 6 heteroatoms. The van der Waals surface area contributed by atoms with Crippen LogP contribution in [-0.4, -0.2) is 26.4 Å². The first kappa shape index (κ1) is 13.4. The van der Waals surface area contributed by atoms with Crippen molar-refractivity contribution in [3.05, 3.63) is 5.82 Å². The number of primary amides is 1. The lowest BCUT2D eigenvalue weighted by molar-refractivity contribution is -0.117. The van der Waals surface area contributed by atoms with E-state index in [1.807, 2.05) is 6.92 Å². The van der Waals surface area contributed by atoms with Crippen molar-refractivity contribution < 1.29 is 4.79 Å². The Labute approximate surface area is 112 Å². The molecule has 5 nitrogen and oxygen atoms in total. The standard InChI is InChI=1S/C12H20N4OS/c1-9-14-15-12(18-8-7-11(13)17)16(9)10-5-3-2-4-6-10/h10H,2-8H2,1H3,(H2,13,17). The van der Waals surface area contributed by atoms with E-state index in [4.69, 9.17) is 5.73 Å². The molecule has 1 aromatic heterocycles. The summed E-state index contributed by atoms with van der Waals surface area (Å²) < 4.78 is 2.24. The molecule has 2 rings (SSSR count). The highest BCUT2D eigenvalue weighted by Gasteiger charge is 2.21. The van der Waals surface area contributed by atoms with Gasteiger partial charge in [0, 0.05) is 18.2 Å². The zero-order valence-electron chi connectivity index (χ0n) is 10.8. The summed E-state index contributed by atoms with van der Waals surface area (Å²) in [5.74, 6) is 1.40. The van der Waals surface area contributed by atoms with Crippen LogP contribution < -0.4 is 5.73 Å².